The molecular formula is C12H22N3O2. The van der Waals surface area contributed by atoms with E-state index in [1.165, 1.54) is 0 Å². The SMILES string of the molecule is C[C@@H](C[CH]C(=O)N1CC[C@H](N(C)C)C1)C(N)=O. The summed E-state index contributed by atoms with van der Waals surface area (Å²) in [7, 11) is 4.05. The zero-order chi connectivity index (χ0) is 13.0. The molecule has 17 heavy (non-hydrogen) atoms. The second-order valence-electron chi connectivity index (χ2n) is 4.93. The van der Waals surface area contributed by atoms with Crippen LogP contribution in [0.15, 0.2) is 0 Å². The molecule has 5 nitrogen and oxygen atoms in total. The Balaban J connectivity index is 2.32. The van der Waals surface area contributed by atoms with E-state index in [9.17, 15) is 9.59 Å². The predicted molar refractivity (Wildman–Crippen MR) is 65.9 cm³/mol. The van der Waals surface area contributed by atoms with Gasteiger partial charge in [0.05, 0.1) is 6.42 Å². The number of nitrogens with two attached hydrogens (primary N) is 1. The maximum atomic E-state index is 11.8. The molecule has 2 atom stereocenters. The first-order valence-corrected chi connectivity index (χ1v) is 5.99. The molecule has 0 saturated carbocycles. The van der Waals surface area contributed by atoms with Crippen LogP contribution in [-0.4, -0.2) is 54.8 Å². The fraction of sp³-hybridized carbons (Fsp3) is 0.750. The number of likely N-dealkylation sites (N-methyl/N-ethyl adjacent to an activating group) is 1. The minimum Gasteiger partial charge on any atom is -0.369 e. The Labute approximate surface area is 103 Å². The van der Waals surface area contributed by atoms with Crippen molar-refractivity contribution >= 4 is 11.8 Å². The molecular weight excluding hydrogens is 218 g/mol. The zero-order valence-corrected chi connectivity index (χ0v) is 10.8. The van der Waals surface area contributed by atoms with Gasteiger partial charge in [-0.25, -0.2) is 0 Å². The fourth-order valence-corrected chi connectivity index (χ4v) is 1.89. The number of likely N-dealkylation sites (tertiary alicyclic amines) is 1. The normalized spacial score (nSPS) is 21.9. The molecule has 97 valence electrons. The molecule has 2 amide bonds. The highest BCUT2D eigenvalue weighted by atomic mass is 16.2. The summed E-state index contributed by atoms with van der Waals surface area (Å²) >= 11 is 0. The largest absolute Gasteiger partial charge is 0.369 e. The third-order valence-corrected chi connectivity index (χ3v) is 3.34. The molecule has 1 fully saturated rings. The Morgan fingerprint density at radius 3 is 2.65 bits per heavy atom. The van der Waals surface area contributed by atoms with Crippen LogP contribution in [0.1, 0.15) is 19.8 Å². The van der Waals surface area contributed by atoms with Crippen LogP contribution in [0.25, 0.3) is 0 Å². The molecule has 2 N–H and O–H groups in total. The van der Waals surface area contributed by atoms with E-state index in [0.29, 0.717) is 12.5 Å². The summed E-state index contributed by atoms with van der Waals surface area (Å²) < 4.78 is 0. The summed E-state index contributed by atoms with van der Waals surface area (Å²) in [5.41, 5.74) is 5.15. The van der Waals surface area contributed by atoms with Gasteiger partial charge in [0.25, 0.3) is 0 Å². The third-order valence-electron chi connectivity index (χ3n) is 3.34. The lowest BCUT2D eigenvalue weighted by atomic mass is 10.0. The molecule has 5 heteroatoms. The van der Waals surface area contributed by atoms with E-state index in [2.05, 4.69) is 4.90 Å². The van der Waals surface area contributed by atoms with Crippen LogP contribution in [-0.2, 0) is 9.59 Å². The number of hydrogen-bond acceptors (Lipinski definition) is 3. The molecule has 1 aliphatic rings. The van der Waals surface area contributed by atoms with Crippen LogP contribution in [0, 0.1) is 12.3 Å². The second-order valence-corrected chi connectivity index (χ2v) is 4.93. The third kappa shape index (κ3) is 4.00. The average molecular weight is 240 g/mol. The second kappa shape index (κ2) is 6.00. The fourth-order valence-electron chi connectivity index (χ4n) is 1.89. The number of carbonyl (C=O) groups excluding carboxylic acids is 2. The lowest BCUT2D eigenvalue weighted by Gasteiger charge is -2.20. The van der Waals surface area contributed by atoms with Crippen molar-refractivity contribution in [3.63, 3.8) is 0 Å². The molecule has 1 heterocycles. The van der Waals surface area contributed by atoms with Gasteiger partial charge in [-0.15, -0.1) is 0 Å². The first-order valence-electron chi connectivity index (χ1n) is 5.99. The maximum absolute atomic E-state index is 11.8. The maximum Gasteiger partial charge on any atom is 0.226 e. The van der Waals surface area contributed by atoms with Gasteiger partial charge in [-0.2, -0.15) is 0 Å². The highest BCUT2D eigenvalue weighted by molar-refractivity contribution is 5.86. The zero-order valence-electron chi connectivity index (χ0n) is 10.8. The smallest absolute Gasteiger partial charge is 0.226 e. The van der Waals surface area contributed by atoms with Crippen LogP contribution in [0.3, 0.4) is 0 Å². The Hall–Kier alpha value is -1.10. The van der Waals surface area contributed by atoms with Gasteiger partial charge in [0.15, 0.2) is 0 Å². The first-order chi connectivity index (χ1) is 7.91. The predicted octanol–water partition coefficient (Wildman–Crippen LogP) is -0.135. The average Bonchev–Trinajstić information content (AvgIpc) is 2.74. The summed E-state index contributed by atoms with van der Waals surface area (Å²) in [5.74, 6) is -0.615. The lowest BCUT2D eigenvalue weighted by molar-refractivity contribution is -0.127. The van der Waals surface area contributed by atoms with Gasteiger partial charge in [0.2, 0.25) is 11.8 Å². The summed E-state index contributed by atoms with van der Waals surface area (Å²) in [4.78, 5) is 26.7. The molecule has 0 bridgehead atoms. The molecule has 1 saturated heterocycles. The van der Waals surface area contributed by atoms with Gasteiger partial charge in [0, 0.05) is 25.0 Å². The molecule has 1 rings (SSSR count). The van der Waals surface area contributed by atoms with Gasteiger partial charge in [-0.1, -0.05) is 6.92 Å². The number of primary amides is 1. The Morgan fingerprint density at radius 2 is 2.18 bits per heavy atom. The quantitative estimate of drug-likeness (QED) is 0.727. The van der Waals surface area contributed by atoms with E-state index in [1.807, 2.05) is 19.0 Å². The van der Waals surface area contributed by atoms with Crippen molar-refractivity contribution in [1.29, 1.82) is 0 Å². The standard InChI is InChI=1S/C12H22N3O2/c1-9(12(13)17)4-5-11(16)15-7-6-10(8-15)14(2)3/h5,9-10H,4,6-8H2,1-3H3,(H2,13,17)/t9-,10-/m0/s1. The van der Waals surface area contributed by atoms with Crippen LogP contribution in [0.5, 0.6) is 0 Å². The van der Waals surface area contributed by atoms with Gasteiger partial charge in [-0.05, 0) is 26.9 Å². The van der Waals surface area contributed by atoms with Crippen LogP contribution in [0.4, 0.5) is 0 Å². The van der Waals surface area contributed by atoms with Gasteiger partial charge < -0.3 is 15.5 Å². The van der Waals surface area contributed by atoms with Gasteiger partial charge in [0.1, 0.15) is 0 Å². The Bertz CT molecular complexity index is 291. The molecule has 0 aromatic carbocycles. The van der Waals surface area contributed by atoms with Crippen molar-refractivity contribution in [3.8, 4) is 0 Å². The molecule has 1 aliphatic heterocycles. The van der Waals surface area contributed by atoms with E-state index in [1.54, 1.807) is 13.3 Å². The molecule has 0 aromatic rings. The van der Waals surface area contributed by atoms with Crippen molar-refractivity contribution in [2.45, 2.75) is 25.8 Å². The van der Waals surface area contributed by atoms with Crippen LogP contribution >= 0.6 is 0 Å². The van der Waals surface area contributed by atoms with Gasteiger partial charge in [-0.3, -0.25) is 9.59 Å². The highest BCUT2D eigenvalue weighted by Gasteiger charge is 2.27. The highest BCUT2D eigenvalue weighted by Crippen LogP contribution is 2.15. The number of carbonyl (C=O) groups is 2. The summed E-state index contributed by atoms with van der Waals surface area (Å²) in [6, 6.07) is 0.445. The molecule has 1 radical (unpaired) electrons. The topological polar surface area (TPSA) is 66.6 Å². The van der Waals surface area contributed by atoms with Crippen molar-refractivity contribution < 1.29 is 9.59 Å². The van der Waals surface area contributed by atoms with Crippen molar-refractivity contribution in [2.24, 2.45) is 11.7 Å². The molecule has 0 aliphatic carbocycles. The molecule has 0 spiro atoms. The van der Waals surface area contributed by atoms with E-state index in [-0.39, 0.29) is 17.7 Å². The number of nitrogens with zero attached hydrogens (tertiary/aromatic N) is 2. The van der Waals surface area contributed by atoms with Crippen molar-refractivity contribution in [3.05, 3.63) is 6.42 Å². The monoisotopic (exact) mass is 240 g/mol. The van der Waals surface area contributed by atoms with E-state index in [4.69, 9.17) is 5.73 Å². The van der Waals surface area contributed by atoms with Crippen LogP contribution < -0.4 is 5.73 Å². The van der Waals surface area contributed by atoms with Crippen molar-refractivity contribution in [1.82, 2.24) is 9.80 Å². The Kier molecular flexibility index (Phi) is 4.93. The number of rotatable bonds is 5. The van der Waals surface area contributed by atoms with E-state index >= 15 is 0 Å². The van der Waals surface area contributed by atoms with E-state index < -0.39 is 0 Å². The number of hydrogen-bond donors (Lipinski definition) is 1. The number of amides is 2. The van der Waals surface area contributed by atoms with Crippen molar-refractivity contribution in [2.75, 3.05) is 27.2 Å². The van der Waals surface area contributed by atoms with Crippen LogP contribution in [0.2, 0.25) is 0 Å². The summed E-state index contributed by atoms with van der Waals surface area (Å²) in [6.07, 6.45) is 3.02. The molecule has 0 unspecified atom stereocenters. The van der Waals surface area contributed by atoms with E-state index in [0.717, 1.165) is 19.5 Å². The lowest BCUT2D eigenvalue weighted by Crippen LogP contribution is -2.35. The minimum absolute atomic E-state index is 0.0162. The Morgan fingerprint density at radius 1 is 1.53 bits per heavy atom. The first kappa shape index (κ1) is 14.0. The van der Waals surface area contributed by atoms with Gasteiger partial charge >= 0.3 is 0 Å². The molecule has 0 aromatic heterocycles. The summed E-state index contributed by atoms with van der Waals surface area (Å²) in [6.45, 7) is 3.30. The summed E-state index contributed by atoms with van der Waals surface area (Å²) in [5, 5.41) is 0. The minimum atomic E-state index is -0.360.